The van der Waals surface area contributed by atoms with Crippen molar-refractivity contribution in [3.63, 3.8) is 0 Å². The largest absolute Gasteiger partial charge is 0.494 e. The van der Waals surface area contributed by atoms with Crippen molar-refractivity contribution < 1.29 is 38.3 Å². The summed E-state index contributed by atoms with van der Waals surface area (Å²) >= 11 is 0. The number of aliphatic carboxylic acids is 1. The molecule has 0 radical (unpaired) electrons. The molecule has 0 bridgehead atoms. The highest BCUT2D eigenvalue weighted by molar-refractivity contribution is 6.02. The van der Waals surface area contributed by atoms with Crippen LogP contribution in [-0.2, 0) is 9.53 Å². The third-order valence-electron chi connectivity index (χ3n) is 6.57. The molecule has 0 aliphatic rings. The van der Waals surface area contributed by atoms with Gasteiger partial charge in [-0.15, -0.1) is 0 Å². The molecule has 3 rings (SSSR count). The van der Waals surface area contributed by atoms with E-state index in [0.717, 1.165) is 12.8 Å². The lowest BCUT2D eigenvalue weighted by Gasteiger charge is -2.21. The lowest BCUT2D eigenvalue weighted by Crippen LogP contribution is -2.36. The molecule has 45 heavy (non-hydrogen) atoms. The first-order valence-electron chi connectivity index (χ1n) is 14.8. The van der Waals surface area contributed by atoms with Gasteiger partial charge in [0.05, 0.1) is 18.4 Å². The van der Waals surface area contributed by atoms with Crippen molar-refractivity contribution in [3.8, 4) is 5.75 Å². The number of carbonyl (C=O) groups is 4. The number of carboxylic acids is 1. The van der Waals surface area contributed by atoms with Crippen LogP contribution in [0.3, 0.4) is 0 Å². The maximum absolute atomic E-state index is 13.1. The third-order valence-corrected chi connectivity index (χ3v) is 6.57. The minimum Gasteiger partial charge on any atom is -0.494 e. The maximum atomic E-state index is 13.1. The molecule has 0 aliphatic heterocycles. The molecule has 0 atom stereocenters. The monoisotopic (exact) mass is 617 g/mol. The predicted molar refractivity (Wildman–Crippen MR) is 168 cm³/mol. The number of amides is 2. The number of unbranched alkanes of at least 4 members (excludes halogenated alkanes) is 4. The summed E-state index contributed by atoms with van der Waals surface area (Å²) < 4.78 is 16.0. The average Bonchev–Trinajstić information content (AvgIpc) is 3.57. The topological polar surface area (TPSA) is 148 Å². The zero-order valence-electron chi connectivity index (χ0n) is 25.8. The fourth-order valence-corrected chi connectivity index (χ4v) is 4.20. The van der Waals surface area contributed by atoms with Crippen molar-refractivity contribution in [2.75, 3.05) is 25.0 Å². The van der Waals surface area contributed by atoms with Gasteiger partial charge in [-0.1, -0.05) is 49.4 Å². The van der Waals surface area contributed by atoms with E-state index in [9.17, 15) is 24.3 Å². The van der Waals surface area contributed by atoms with Gasteiger partial charge in [-0.2, -0.15) is 0 Å². The van der Waals surface area contributed by atoms with Crippen molar-refractivity contribution in [1.29, 1.82) is 0 Å². The van der Waals surface area contributed by atoms with Gasteiger partial charge in [0.25, 0.3) is 11.8 Å². The van der Waals surface area contributed by atoms with Gasteiger partial charge >= 0.3 is 11.9 Å². The first kappa shape index (κ1) is 34.3. The molecule has 11 heteroatoms. The molecule has 3 aromatic rings. The molecule has 238 valence electrons. The van der Waals surface area contributed by atoms with Gasteiger partial charge in [-0.25, -0.2) is 4.79 Å². The number of aromatic nitrogens is 1. The van der Waals surface area contributed by atoms with Gasteiger partial charge in [0, 0.05) is 23.9 Å². The molecule has 2 amide bonds. The van der Waals surface area contributed by atoms with E-state index < -0.39 is 30.3 Å². The molecule has 2 N–H and O–H groups in total. The fourth-order valence-electron chi connectivity index (χ4n) is 4.20. The first-order valence-corrected chi connectivity index (χ1v) is 14.8. The van der Waals surface area contributed by atoms with E-state index in [2.05, 4.69) is 17.4 Å². The molecular formula is C34H39N3O8. The molecule has 1 heterocycles. The van der Waals surface area contributed by atoms with E-state index in [0.29, 0.717) is 34.9 Å². The molecule has 0 saturated heterocycles. The molecule has 0 aliphatic carbocycles. The van der Waals surface area contributed by atoms with Gasteiger partial charge in [0.2, 0.25) is 5.76 Å². The molecule has 11 nitrogen and oxygen atoms in total. The van der Waals surface area contributed by atoms with E-state index in [4.69, 9.17) is 14.0 Å². The number of hydrogen-bond donors (Lipinski definition) is 2. The number of carbonyl (C=O) groups excluding carboxylic acids is 3. The molecular weight excluding hydrogens is 578 g/mol. The zero-order valence-corrected chi connectivity index (χ0v) is 25.8. The zero-order chi connectivity index (χ0) is 32.6. The molecule has 0 saturated carbocycles. The number of rotatable bonds is 17. The second-order valence-electron chi connectivity index (χ2n) is 10.4. The Hall–Kier alpha value is -5.19. The Labute approximate surface area is 262 Å². The van der Waals surface area contributed by atoms with E-state index in [1.54, 1.807) is 50.3 Å². The summed E-state index contributed by atoms with van der Waals surface area (Å²) in [6, 6.07) is 14.2. The molecule has 0 unspecified atom stereocenters. The summed E-state index contributed by atoms with van der Waals surface area (Å²) in [6.45, 7) is 5.67. The van der Waals surface area contributed by atoms with Crippen molar-refractivity contribution in [1.82, 2.24) is 10.1 Å². The third kappa shape index (κ3) is 11.8. The van der Waals surface area contributed by atoms with Crippen molar-refractivity contribution in [2.24, 2.45) is 0 Å². The number of esters is 1. The summed E-state index contributed by atoms with van der Waals surface area (Å²) in [6.07, 6.45) is 10.3. The Balaban J connectivity index is 1.54. The number of allylic oxidation sites excluding steroid dienone is 3. The second kappa shape index (κ2) is 17.8. The normalized spacial score (nSPS) is 11.5. The first-order chi connectivity index (χ1) is 21.7. The summed E-state index contributed by atoms with van der Waals surface area (Å²) in [5, 5.41) is 15.5. The average molecular weight is 618 g/mol. The van der Waals surface area contributed by atoms with Crippen molar-refractivity contribution in [2.45, 2.75) is 52.9 Å². The van der Waals surface area contributed by atoms with Crippen molar-refractivity contribution >= 4 is 29.4 Å². The highest BCUT2D eigenvalue weighted by Gasteiger charge is 2.19. The lowest BCUT2D eigenvalue weighted by atomic mass is 10.1. The number of carboxylic acid groups (broad SMARTS) is 1. The maximum Gasteiger partial charge on any atom is 0.343 e. The van der Waals surface area contributed by atoms with E-state index in [-0.39, 0.29) is 17.9 Å². The summed E-state index contributed by atoms with van der Waals surface area (Å²) in [5.41, 5.74) is 1.69. The molecule has 1 aromatic heterocycles. The standard InChI is InChI=1S/C34H39N3O8/c1-4-5-6-7-8-21-43-29-17-13-27(14-18-29)34(42)44-25(3)10-9-24(2)22-37(23-31(38)39)33(41)26-11-15-28(16-12-26)36-32(40)30-19-20-35-45-30/h9-20H,4-8,21-23H2,1-3H3,(H,36,40)(H,38,39)/b24-9+,25-10+. The number of nitrogens with one attached hydrogen (secondary N) is 1. The van der Waals surface area contributed by atoms with Crippen LogP contribution < -0.4 is 10.1 Å². The quantitative estimate of drug-likeness (QED) is 0.0748. The second-order valence-corrected chi connectivity index (χ2v) is 10.4. The van der Waals surface area contributed by atoms with E-state index in [1.165, 1.54) is 60.7 Å². The molecule has 0 fully saturated rings. The highest BCUT2D eigenvalue weighted by atomic mass is 16.5. The van der Waals surface area contributed by atoms with Crippen LogP contribution in [0.4, 0.5) is 5.69 Å². The fraction of sp³-hybridized carbons (Fsp3) is 0.324. The van der Waals surface area contributed by atoms with E-state index >= 15 is 0 Å². The van der Waals surface area contributed by atoms with Crippen LogP contribution in [0.5, 0.6) is 5.75 Å². The number of nitrogens with zero attached hydrogens (tertiary/aromatic N) is 2. The van der Waals surface area contributed by atoms with Gasteiger partial charge in [0.1, 0.15) is 18.1 Å². The number of anilines is 1. The predicted octanol–water partition coefficient (Wildman–Crippen LogP) is 6.51. The molecule has 0 spiro atoms. The van der Waals surface area contributed by atoms with Gasteiger partial charge < -0.3 is 29.3 Å². The minimum absolute atomic E-state index is 0.0207. The minimum atomic E-state index is -1.17. The summed E-state index contributed by atoms with van der Waals surface area (Å²) in [4.78, 5) is 50.5. The Kier molecular flexibility index (Phi) is 13.6. The van der Waals surface area contributed by atoms with Crippen LogP contribution in [0.2, 0.25) is 0 Å². The Bertz CT molecular complexity index is 1480. The Morgan fingerprint density at radius 2 is 1.58 bits per heavy atom. The van der Waals surface area contributed by atoms with Gasteiger partial charge in [-0.3, -0.25) is 14.4 Å². The lowest BCUT2D eigenvalue weighted by molar-refractivity contribution is -0.137. The van der Waals surface area contributed by atoms with Crippen molar-refractivity contribution in [3.05, 3.63) is 101 Å². The Morgan fingerprint density at radius 3 is 2.22 bits per heavy atom. The number of ether oxygens (including phenoxy) is 2. The van der Waals surface area contributed by atoms with Crippen LogP contribution in [0.1, 0.15) is 84.1 Å². The van der Waals surface area contributed by atoms with Crippen LogP contribution in [0, 0.1) is 0 Å². The number of benzene rings is 2. The summed E-state index contributed by atoms with van der Waals surface area (Å²) in [5.74, 6) is -1.65. The van der Waals surface area contributed by atoms with Crippen LogP contribution in [0.15, 0.2) is 88.8 Å². The number of hydrogen-bond acceptors (Lipinski definition) is 8. The summed E-state index contributed by atoms with van der Waals surface area (Å²) in [7, 11) is 0. The van der Waals surface area contributed by atoms with Crippen LogP contribution in [-0.4, -0.2) is 58.6 Å². The van der Waals surface area contributed by atoms with Crippen LogP contribution in [0.25, 0.3) is 0 Å². The molecule has 2 aromatic carbocycles. The van der Waals surface area contributed by atoms with Gasteiger partial charge in [0.15, 0.2) is 0 Å². The van der Waals surface area contributed by atoms with Crippen LogP contribution >= 0.6 is 0 Å². The SMILES string of the molecule is CCCCCCCOc1ccc(C(=O)O/C(C)=C/C=C(\C)CN(CC(=O)O)C(=O)c2ccc(NC(=O)c3ccno3)cc2)cc1. The Morgan fingerprint density at radius 1 is 0.889 bits per heavy atom. The van der Waals surface area contributed by atoms with Gasteiger partial charge in [-0.05, 0) is 74.9 Å². The smallest absolute Gasteiger partial charge is 0.343 e. The highest BCUT2D eigenvalue weighted by Crippen LogP contribution is 2.17. The van der Waals surface area contributed by atoms with E-state index in [1.807, 2.05) is 0 Å².